The molecule has 0 aliphatic carbocycles. The smallest absolute Gasteiger partial charge is 0.233 e. The number of hydrogen-bond donors (Lipinski definition) is 3. The zero-order chi connectivity index (χ0) is 10.9. The number of benzene rings is 1. The molecule has 0 saturated heterocycles. The maximum Gasteiger partial charge on any atom is 0.233 e. The zero-order valence-electron chi connectivity index (χ0n) is 7.81. The van der Waals surface area contributed by atoms with Gasteiger partial charge in [0.2, 0.25) is 5.79 Å². The summed E-state index contributed by atoms with van der Waals surface area (Å²) in [5, 5.41) is 2.58. The Balaban J connectivity index is 2.45. The van der Waals surface area contributed by atoms with E-state index in [1.807, 2.05) is 0 Å². The predicted molar refractivity (Wildman–Crippen MR) is 55.5 cm³/mol. The van der Waals surface area contributed by atoms with Crippen LogP contribution < -0.4 is 16.8 Å². The molecular formula is C9H10FN5. The fraction of sp³-hybridized carbons (Fsp3) is 0.111. The highest BCUT2D eigenvalue weighted by molar-refractivity contribution is 5.90. The first kappa shape index (κ1) is 9.60. The fourth-order valence-corrected chi connectivity index (χ4v) is 1.30. The van der Waals surface area contributed by atoms with Crippen molar-refractivity contribution in [1.82, 2.24) is 5.32 Å². The summed E-state index contributed by atoms with van der Waals surface area (Å²) in [4.78, 5) is 7.85. The highest BCUT2D eigenvalue weighted by atomic mass is 19.1. The second kappa shape index (κ2) is 3.32. The summed E-state index contributed by atoms with van der Waals surface area (Å²) in [5.74, 6) is -1.58. The van der Waals surface area contributed by atoms with E-state index in [0.29, 0.717) is 5.56 Å². The van der Waals surface area contributed by atoms with Gasteiger partial charge in [-0.05, 0) is 12.1 Å². The molecule has 1 aromatic rings. The minimum Gasteiger partial charge on any atom is -0.370 e. The van der Waals surface area contributed by atoms with Crippen molar-refractivity contribution >= 4 is 12.3 Å². The summed E-state index contributed by atoms with van der Waals surface area (Å²) in [6.45, 7) is 0. The summed E-state index contributed by atoms with van der Waals surface area (Å²) < 4.78 is 13.0. The van der Waals surface area contributed by atoms with Crippen molar-refractivity contribution in [1.29, 1.82) is 0 Å². The van der Waals surface area contributed by atoms with Gasteiger partial charge in [-0.2, -0.15) is 0 Å². The average molecular weight is 207 g/mol. The third-order valence-electron chi connectivity index (χ3n) is 2.01. The van der Waals surface area contributed by atoms with Crippen LogP contribution in [0.15, 0.2) is 34.3 Å². The van der Waals surface area contributed by atoms with Gasteiger partial charge in [-0.1, -0.05) is 12.1 Å². The molecule has 1 aliphatic rings. The fourth-order valence-electron chi connectivity index (χ4n) is 1.30. The van der Waals surface area contributed by atoms with E-state index >= 15 is 0 Å². The molecule has 0 spiro atoms. The molecule has 0 radical (unpaired) electrons. The van der Waals surface area contributed by atoms with Gasteiger partial charge in [0.15, 0.2) is 5.96 Å². The highest BCUT2D eigenvalue weighted by Crippen LogP contribution is 2.22. The van der Waals surface area contributed by atoms with Crippen LogP contribution in [0, 0.1) is 5.82 Å². The van der Waals surface area contributed by atoms with Crippen LogP contribution in [0.5, 0.6) is 0 Å². The number of nitrogens with two attached hydrogens (primary N) is 2. The molecule has 15 heavy (non-hydrogen) atoms. The number of aliphatic imine (C=N–C) groups is 2. The molecule has 1 unspecified atom stereocenters. The lowest BCUT2D eigenvalue weighted by molar-refractivity contribution is 0.484. The SMILES string of the molecule is NC1=NC(N)(c2cccc(F)c2)N=CN1. The molecule has 0 bridgehead atoms. The molecule has 1 heterocycles. The largest absolute Gasteiger partial charge is 0.370 e. The average Bonchev–Trinajstić information content (AvgIpc) is 2.17. The lowest BCUT2D eigenvalue weighted by Gasteiger charge is -2.24. The van der Waals surface area contributed by atoms with Crippen molar-refractivity contribution in [2.45, 2.75) is 5.79 Å². The van der Waals surface area contributed by atoms with E-state index in [9.17, 15) is 4.39 Å². The quantitative estimate of drug-likeness (QED) is 0.597. The van der Waals surface area contributed by atoms with E-state index in [-0.39, 0.29) is 11.8 Å². The van der Waals surface area contributed by atoms with Gasteiger partial charge < -0.3 is 11.1 Å². The van der Waals surface area contributed by atoms with Crippen LogP contribution in [0.3, 0.4) is 0 Å². The zero-order valence-corrected chi connectivity index (χ0v) is 7.81. The molecule has 1 aliphatic heterocycles. The number of nitrogens with one attached hydrogen (secondary N) is 1. The standard InChI is InChI=1S/C9H10FN5/c10-7-3-1-2-6(4-7)9(12)14-5-13-8(11)15-9/h1-5H,12H2,(H3,11,13,14,15). The van der Waals surface area contributed by atoms with Crippen molar-refractivity contribution in [3.8, 4) is 0 Å². The predicted octanol–water partition coefficient (Wildman–Crippen LogP) is -0.159. The van der Waals surface area contributed by atoms with Crippen LogP contribution in [0.2, 0.25) is 0 Å². The molecule has 5 nitrogen and oxygen atoms in total. The van der Waals surface area contributed by atoms with E-state index in [1.54, 1.807) is 12.1 Å². The second-order valence-corrected chi connectivity index (χ2v) is 3.14. The minimum absolute atomic E-state index is 0.150. The topological polar surface area (TPSA) is 88.8 Å². The molecule has 0 fully saturated rings. The lowest BCUT2D eigenvalue weighted by Crippen LogP contribution is -2.44. The van der Waals surface area contributed by atoms with Gasteiger partial charge in [-0.25, -0.2) is 14.4 Å². The van der Waals surface area contributed by atoms with E-state index in [2.05, 4.69) is 15.3 Å². The Bertz CT molecular complexity index is 442. The van der Waals surface area contributed by atoms with Crippen molar-refractivity contribution in [3.05, 3.63) is 35.6 Å². The van der Waals surface area contributed by atoms with Gasteiger partial charge in [0.05, 0.1) is 6.34 Å². The Morgan fingerprint density at radius 3 is 2.87 bits per heavy atom. The van der Waals surface area contributed by atoms with Gasteiger partial charge in [0, 0.05) is 5.56 Å². The normalized spacial score (nSPS) is 24.5. The first-order valence-electron chi connectivity index (χ1n) is 4.31. The molecule has 0 aromatic heterocycles. The first-order chi connectivity index (χ1) is 7.10. The molecule has 5 N–H and O–H groups in total. The monoisotopic (exact) mass is 207 g/mol. The second-order valence-electron chi connectivity index (χ2n) is 3.14. The summed E-state index contributed by atoms with van der Waals surface area (Å²) in [5.41, 5.74) is 11.8. The number of halogens is 1. The van der Waals surface area contributed by atoms with Crippen LogP contribution in [-0.4, -0.2) is 12.3 Å². The lowest BCUT2D eigenvalue weighted by atomic mass is 10.1. The van der Waals surface area contributed by atoms with Crippen molar-refractivity contribution in [2.75, 3.05) is 0 Å². The van der Waals surface area contributed by atoms with Gasteiger partial charge in [-0.3, -0.25) is 5.73 Å². The number of guanidine groups is 1. The summed E-state index contributed by atoms with van der Waals surface area (Å²) in [7, 11) is 0. The van der Waals surface area contributed by atoms with E-state index in [0.717, 1.165) is 0 Å². The molecule has 1 aromatic carbocycles. The van der Waals surface area contributed by atoms with Gasteiger partial charge in [0.25, 0.3) is 0 Å². The molecule has 2 rings (SSSR count). The molecule has 6 heteroatoms. The van der Waals surface area contributed by atoms with E-state index in [4.69, 9.17) is 11.5 Å². The summed E-state index contributed by atoms with van der Waals surface area (Å²) in [6.07, 6.45) is 1.34. The van der Waals surface area contributed by atoms with Gasteiger partial charge >= 0.3 is 0 Å². The molecular weight excluding hydrogens is 197 g/mol. The molecule has 78 valence electrons. The van der Waals surface area contributed by atoms with Crippen molar-refractivity contribution in [2.24, 2.45) is 21.5 Å². The van der Waals surface area contributed by atoms with Crippen LogP contribution in [-0.2, 0) is 5.79 Å². The molecule has 0 amide bonds. The summed E-state index contributed by atoms with van der Waals surface area (Å²) >= 11 is 0. The Hall–Kier alpha value is -1.95. The van der Waals surface area contributed by atoms with Crippen LogP contribution in [0.4, 0.5) is 4.39 Å². The third kappa shape index (κ3) is 1.79. The third-order valence-corrected chi connectivity index (χ3v) is 2.01. The Morgan fingerprint density at radius 2 is 2.20 bits per heavy atom. The first-order valence-corrected chi connectivity index (χ1v) is 4.31. The highest BCUT2D eigenvalue weighted by Gasteiger charge is 2.27. The van der Waals surface area contributed by atoms with Crippen molar-refractivity contribution < 1.29 is 4.39 Å². The Labute approximate surface area is 85.7 Å². The molecule has 1 atom stereocenters. The summed E-state index contributed by atoms with van der Waals surface area (Å²) in [6, 6.07) is 5.79. The van der Waals surface area contributed by atoms with Crippen LogP contribution >= 0.6 is 0 Å². The Kier molecular flexibility index (Phi) is 2.12. The maximum absolute atomic E-state index is 13.0. The maximum atomic E-state index is 13.0. The number of rotatable bonds is 1. The van der Waals surface area contributed by atoms with E-state index in [1.165, 1.54) is 18.5 Å². The number of nitrogens with zero attached hydrogens (tertiary/aromatic N) is 2. The van der Waals surface area contributed by atoms with Crippen molar-refractivity contribution in [3.63, 3.8) is 0 Å². The molecule has 0 saturated carbocycles. The van der Waals surface area contributed by atoms with Crippen LogP contribution in [0.1, 0.15) is 5.56 Å². The Morgan fingerprint density at radius 1 is 1.40 bits per heavy atom. The number of hydrogen-bond acceptors (Lipinski definition) is 5. The van der Waals surface area contributed by atoms with Crippen LogP contribution in [0.25, 0.3) is 0 Å². The van der Waals surface area contributed by atoms with Gasteiger partial charge in [-0.15, -0.1) is 0 Å². The van der Waals surface area contributed by atoms with E-state index < -0.39 is 5.79 Å². The minimum atomic E-state index is -1.34. The van der Waals surface area contributed by atoms with Gasteiger partial charge in [0.1, 0.15) is 5.82 Å².